The minimum absolute atomic E-state index is 0.0990. The van der Waals surface area contributed by atoms with Gasteiger partial charge in [0.15, 0.2) is 5.84 Å². The van der Waals surface area contributed by atoms with Gasteiger partial charge in [-0.2, -0.15) is 0 Å². The topological polar surface area (TPSA) is 40.0 Å². The number of nitrogens with zero attached hydrogens (tertiary/aromatic N) is 3. The Bertz CT molecular complexity index is 1510. The van der Waals surface area contributed by atoms with Crippen molar-refractivity contribution in [1.29, 1.82) is 0 Å². The summed E-state index contributed by atoms with van der Waals surface area (Å²) in [6.45, 7) is 14.4. The van der Waals surface area contributed by atoms with E-state index in [1.54, 1.807) is 0 Å². The van der Waals surface area contributed by atoms with Crippen molar-refractivity contribution in [2.75, 3.05) is 0 Å². The fourth-order valence-corrected chi connectivity index (χ4v) is 5.52. The molecule has 2 atom stereocenters. The standard InChI is InChI=1S/C35H38N4/c1-34(2,3)27-16-11-23(12-17-27)31-36-32(24-13-18-28(19-14-24)35(4,5)6)38-33(37-31)26-15-20-30-29-10-8-7-9-25(29)21-39(30)22-26/h7-20,22,30,33H,21H2,1-6H3,(H,36,37,38). The molecule has 0 radical (unpaired) electrons. The minimum Gasteiger partial charge on any atom is -0.362 e. The maximum atomic E-state index is 5.14. The molecule has 0 saturated heterocycles. The first-order valence-electron chi connectivity index (χ1n) is 13.9. The summed E-state index contributed by atoms with van der Waals surface area (Å²) in [6.07, 6.45) is 6.59. The van der Waals surface area contributed by atoms with E-state index >= 15 is 0 Å². The normalized spacial score (nSPS) is 20.5. The average Bonchev–Trinajstić information content (AvgIpc) is 3.30. The van der Waals surface area contributed by atoms with E-state index in [0.717, 1.165) is 34.9 Å². The molecule has 0 spiro atoms. The molecule has 4 nitrogen and oxygen atoms in total. The van der Waals surface area contributed by atoms with Gasteiger partial charge in [-0.15, -0.1) is 0 Å². The molecule has 3 aromatic rings. The van der Waals surface area contributed by atoms with Gasteiger partial charge in [0, 0.05) is 29.4 Å². The Morgan fingerprint density at radius 2 is 1.38 bits per heavy atom. The molecular weight excluding hydrogens is 476 g/mol. The van der Waals surface area contributed by atoms with Crippen LogP contribution in [0.5, 0.6) is 0 Å². The molecule has 0 aromatic heterocycles. The predicted octanol–water partition coefficient (Wildman–Crippen LogP) is 7.41. The Morgan fingerprint density at radius 1 is 0.769 bits per heavy atom. The Balaban J connectivity index is 1.36. The van der Waals surface area contributed by atoms with Gasteiger partial charge in [0.25, 0.3) is 0 Å². The third-order valence-electron chi connectivity index (χ3n) is 7.96. The largest absolute Gasteiger partial charge is 0.362 e. The lowest BCUT2D eigenvalue weighted by molar-refractivity contribution is 0.343. The van der Waals surface area contributed by atoms with Crippen LogP contribution in [0.1, 0.15) is 81.0 Å². The molecule has 2 unspecified atom stereocenters. The van der Waals surface area contributed by atoms with E-state index in [4.69, 9.17) is 9.98 Å². The van der Waals surface area contributed by atoms with Crippen LogP contribution in [0.4, 0.5) is 0 Å². The van der Waals surface area contributed by atoms with Crippen LogP contribution in [0, 0.1) is 0 Å². The first-order chi connectivity index (χ1) is 18.6. The highest BCUT2D eigenvalue weighted by Crippen LogP contribution is 2.38. The number of fused-ring (bicyclic) bond motifs is 3. The van der Waals surface area contributed by atoms with E-state index in [9.17, 15) is 0 Å². The van der Waals surface area contributed by atoms with E-state index in [0.29, 0.717) is 6.04 Å². The van der Waals surface area contributed by atoms with Crippen molar-refractivity contribution in [2.45, 2.75) is 71.1 Å². The van der Waals surface area contributed by atoms with Crippen LogP contribution in [0.3, 0.4) is 0 Å². The quantitative estimate of drug-likeness (QED) is 0.395. The van der Waals surface area contributed by atoms with Crippen LogP contribution in [0.2, 0.25) is 0 Å². The zero-order chi connectivity index (χ0) is 27.4. The number of hydrogen-bond donors (Lipinski definition) is 1. The van der Waals surface area contributed by atoms with E-state index in [1.165, 1.54) is 22.3 Å². The summed E-state index contributed by atoms with van der Waals surface area (Å²) in [7, 11) is 0. The number of hydrogen-bond acceptors (Lipinski definition) is 4. The first kappa shape index (κ1) is 25.4. The second kappa shape index (κ2) is 9.37. The summed E-state index contributed by atoms with van der Waals surface area (Å²) < 4.78 is 0. The van der Waals surface area contributed by atoms with Crippen molar-refractivity contribution in [3.63, 3.8) is 0 Å². The summed E-state index contributed by atoms with van der Waals surface area (Å²) in [6, 6.07) is 26.5. The maximum absolute atomic E-state index is 5.14. The molecule has 4 heteroatoms. The predicted molar refractivity (Wildman–Crippen MR) is 162 cm³/mol. The molecule has 0 fully saturated rings. The van der Waals surface area contributed by atoms with Crippen molar-refractivity contribution in [1.82, 2.24) is 10.2 Å². The van der Waals surface area contributed by atoms with E-state index < -0.39 is 0 Å². The third kappa shape index (κ3) is 4.96. The van der Waals surface area contributed by atoms with Crippen molar-refractivity contribution in [3.05, 3.63) is 130 Å². The molecule has 39 heavy (non-hydrogen) atoms. The number of benzene rings is 3. The van der Waals surface area contributed by atoms with Crippen LogP contribution >= 0.6 is 0 Å². The Labute approximate surface area is 232 Å². The highest BCUT2D eigenvalue weighted by atomic mass is 15.2. The molecule has 0 bridgehead atoms. The van der Waals surface area contributed by atoms with Crippen molar-refractivity contribution < 1.29 is 0 Å². The van der Waals surface area contributed by atoms with E-state index in [2.05, 4.69) is 143 Å². The zero-order valence-corrected chi connectivity index (χ0v) is 23.9. The van der Waals surface area contributed by atoms with E-state index in [1.807, 2.05) is 0 Å². The fraction of sp³-hybridized carbons (Fsp3) is 0.314. The Hall–Kier alpha value is -3.92. The van der Waals surface area contributed by atoms with Crippen molar-refractivity contribution >= 4 is 11.7 Å². The number of aliphatic imine (C=N–C) groups is 2. The molecule has 3 aliphatic rings. The second-order valence-corrected chi connectivity index (χ2v) is 12.9. The molecule has 1 N–H and O–H groups in total. The van der Waals surface area contributed by atoms with Gasteiger partial charge in [0.2, 0.25) is 0 Å². The SMILES string of the molecule is CC(C)(C)c1ccc(C2=NC(C3=CN4Cc5ccccc5C4C=C3)NC(c3ccc(C(C)(C)C)cc3)=N2)cc1. The monoisotopic (exact) mass is 514 g/mol. The summed E-state index contributed by atoms with van der Waals surface area (Å²) in [5.41, 5.74) is 8.84. The minimum atomic E-state index is -0.224. The highest BCUT2D eigenvalue weighted by Gasteiger charge is 2.31. The van der Waals surface area contributed by atoms with Crippen LogP contribution in [-0.4, -0.2) is 22.7 Å². The fourth-order valence-electron chi connectivity index (χ4n) is 5.52. The molecule has 3 aliphatic heterocycles. The lowest BCUT2D eigenvalue weighted by Gasteiger charge is -2.30. The van der Waals surface area contributed by atoms with Gasteiger partial charge in [0.1, 0.15) is 12.0 Å². The van der Waals surface area contributed by atoms with E-state index in [-0.39, 0.29) is 17.0 Å². The first-order valence-corrected chi connectivity index (χ1v) is 13.9. The lowest BCUT2D eigenvalue weighted by atomic mass is 9.86. The van der Waals surface area contributed by atoms with Crippen LogP contribution in [0.15, 0.2) is 107 Å². The molecular formula is C35H38N4. The Kier molecular flexibility index (Phi) is 6.10. The number of nitrogens with one attached hydrogen (secondary N) is 1. The molecule has 6 rings (SSSR count). The van der Waals surface area contributed by atoms with Gasteiger partial charge >= 0.3 is 0 Å². The summed E-state index contributed by atoms with van der Waals surface area (Å²) in [5, 5.41) is 3.65. The third-order valence-corrected chi connectivity index (χ3v) is 7.96. The van der Waals surface area contributed by atoms with Gasteiger partial charge in [-0.05, 0) is 33.1 Å². The molecule has 0 saturated carbocycles. The number of rotatable bonds is 3. The van der Waals surface area contributed by atoms with Gasteiger partial charge in [0.05, 0.1) is 6.04 Å². The van der Waals surface area contributed by atoms with Crippen LogP contribution in [-0.2, 0) is 17.4 Å². The van der Waals surface area contributed by atoms with Crippen LogP contribution < -0.4 is 5.32 Å². The second-order valence-electron chi connectivity index (χ2n) is 12.9. The zero-order valence-electron chi connectivity index (χ0n) is 23.9. The van der Waals surface area contributed by atoms with Gasteiger partial charge in [-0.25, -0.2) is 9.98 Å². The van der Waals surface area contributed by atoms with Gasteiger partial charge < -0.3 is 10.2 Å². The average molecular weight is 515 g/mol. The number of amidine groups is 2. The van der Waals surface area contributed by atoms with Crippen molar-refractivity contribution in [3.8, 4) is 0 Å². The summed E-state index contributed by atoms with van der Waals surface area (Å²) in [5.74, 6) is 1.61. The summed E-state index contributed by atoms with van der Waals surface area (Å²) >= 11 is 0. The summed E-state index contributed by atoms with van der Waals surface area (Å²) in [4.78, 5) is 12.6. The molecule has 198 valence electrons. The van der Waals surface area contributed by atoms with Crippen molar-refractivity contribution in [2.24, 2.45) is 9.98 Å². The lowest BCUT2D eigenvalue weighted by Crippen LogP contribution is -2.40. The van der Waals surface area contributed by atoms with Gasteiger partial charge in [-0.1, -0.05) is 126 Å². The Morgan fingerprint density at radius 3 is 2.03 bits per heavy atom. The smallest absolute Gasteiger partial charge is 0.159 e. The van der Waals surface area contributed by atoms with Gasteiger partial charge in [-0.3, -0.25) is 0 Å². The maximum Gasteiger partial charge on any atom is 0.159 e. The highest BCUT2D eigenvalue weighted by molar-refractivity contribution is 6.13. The molecule has 0 aliphatic carbocycles. The molecule has 0 amide bonds. The van der Waals surface area contributed by atoms with Crippen LogP contribution in [0.25, 0.3) is 0 Å². The molecule has 3 heterocycles. The molecule has 3 aromatic carbocycles.